The van der Waals surface area contributed by atoms with Gasteiger partial charge in [-0.1, -0.05) is 18.2 Å². The zero-order chi connectivity index (χ0) is 30.9. The number of hydrogen-bond donors (Lipinski definition) is 1. The standard InChI is InChI=1S/C28H41N5O7P2/c1-20(2)33(21(3)4)41(39-16-10-14-29)40-25-23(37-17-18-42(5,6)36)19-38-27(25)32-15-13-24(31-28(32)35)30-26(34)22-11-8-7-9-12-22/h7-9,11-13,15,20-21,23,25,27H,10,16-19H2,1-6H3,(H,30,31,34,35)/t23-,25+,27+,41?/m0/s1. The highest BCUT2D eigenvalue weighted by Crippen LogP contribution is 2.50. The first-order valence-electron chi connectivity index (χ1n) is 13.9. The molecule has 1 unspecified atom stereocenters. The number of anilines is 1. The second kappa shape index (κ2) is 15.8. The van der Waals surface area contributed by atoms with E-state index < -0.39 is 45.7 Å². The zero-order valence-corrected chi connectivity index (χ0v) is 26.8. The van der Waals surface area contributed by atoms with Crippen LogP contribution >= 0.6 is 15.7 Å². The molecule has 230 valence electrons. The summed E-state index contributed by atoms with van der Waals surface area (Å²) in [6, 6.07) is 12.3. The van der Waals surface area contributed by atoms with Gasteiger partial charge in [0.1, 0.15) is 18.0 Å². The van der Waals surface area contributed by atoms with Crippen molar-refractivity contribution in [1.29, 1.82) is 5.26 Å². The number of hydrogen-bond acceptors (Lipinski definition) is 10. The number of aromatic nitrogens is 2. The van der Waals surface area contributed by atoms with Crippen molar-refractivity contribution in [3.05, 3.63) is 58.6 Å². The molecule has 4 atom stereocenters. The van der Waals surface area contributed by atoms with Crippen molar-refractivity contribution < 1.29 is 27.9 Å². The number of rotatable bonds is 15. The van der Waals surface area contributed by atoms with E-state index in [0.717, 1.165) is 0 Å². The molecule has 1 aliphatic heterocycles. The average Bonchev–Trinajstić information content (AvgIpc) is 3.30. The topological polar surface area (TPSA) is 145 Å². The minimum Gasteiger partial charge on any atom is -0.372 e. The summed E-state index contributed by atoms with van der Waals surface area (Å²) in [7, 11) is -4.00. The molecule has 0 radical (unpaired) electrons. The fourth-order valence-corrected chi connectivity index (χ4v) is 6.64. The molecule has 2 aromatic rings. The molecule has 3 rings (SSSR count). The highest BCUT2D eigenvalue weighted by Gasteiger charge is 2.44. The molecule has 12 nitrogen and oxygen atoms in total. The molecular formula is C28H41N5O7P2. The maximum Gasteiger partial charge on any atom is 0.351 e. The fraction of sp³-hybridized carbons (Fsp3) is 0.571. The summed E-state index contributed by atoms with van der Waals surface area (Å²) in [5.41, 5.74) is -0.213. The van der Waals surface area contributed by atoms with Crippen LogP contribution in [0.2, 0.25) is 0 Å². The number of benzene rings is 1. The van der Waals surface area contributed by atoms with E-state index >= 15 is 0 Å². The SMILES string of the molecule is CC(C)N(C(C)C)P(OCCC#N)O[C@@H]1[C@@H](OCCP(C)(C)=O)CO[C@H]1n1ccc(NC(=O)c2ccccc2)nc1=O. The molecule has 14 heteroatoms. The summed E-state index contributed by atoms with van der Waals surface area (Å²) in [5.74, 6) is -0.290. The van der Waals surface area contributed by atoms with Gasteiger partial charge in [0, 0.05) is 30.0 Å². The van der Waals surface area contributed by atoms with E-state index in [4.69, 9.17) is 23.8 Å². The van der Waals surface area contributed by atoms with Gasteiger partial charge in [-0.3, -0.25) is 9.36 Å². The molecule has 1 aromatic carbocycles. The van der Waals surface area contributed by atoms with Gasteiger partial charge >= 0.3 is 5.69 Å². The van der Waals surface area contributed by atoms with Gasteiger partial charge in [-0.2, -0.15) is 10.2 Å². The lowest BCUT2D eigenvalue weighted by Gasteiger charge is -2.38. The zero-order valence-electron chi connectivity index (χ0n) is 25.0. The van der Waals surface area contributed by atoms with Crippen LogP contribution in [0.25, 0.3) is 0 Å². The number of nitriles is 1. The van der Waals surface area contributed by atoms with Gasteiger partial charge in [0.25, 0.3) is 14.4 Å². The van der Waals surface area contributed by atoms with Crippen LogP contribution in [-0.4, -0.2) is 83.7 Å². The average molecular weight is 622 g/mol. The van der Waals surface area contributed by atoms with E-state index in [1.54, 1.807) is 43.7 Å². The van der Waals surface area contributed by atoms with Crippen molar-refractivity contribution in [3.8, 4) is 6.07 Å². The second-order valence-electron chi connectivity index (χ2n) is 10.9. The van der Waals surface area contributed by atoms with Crippen LogP contribution in [-0.2, 0) is 23.1 Å². The molecule has 0 bridgehead atoms. The van der Waals surface area contributed by atoms with E-state index in [9.17, 15) is 14.2 Å². The Morgan fingerprint density at radius 1 is 1.21 bits per heavy atom. The molecule has 2 heterocycles. The molecule has 1 saturated heterocycles. The van der Waals surface area contributed by atoms with Crippen molar-refractivity contribution in [2.24, 2.45) is 0 Å². The highest BCUT2D eigenvalue weighted by atomic mass is 31.2. The minimum absolute atomic E-state index is 0.0568. The normalized spacial score (nSPS) is 19.8. The molecule has 1 amide bonds. The Labute approximate surface area is 248 Å². The molecule has 1 aliphatic rings. The highest BCUT2D eigenvalue weighted by molar-refractivity contribution is 7.62. The summed E-state index contributed by atoms with van der Waals surface area (Å²) in [4.78, 5) is 29.8. The second-order valence-corrected chi connectivity index (χ2v) is 15.9. The Balaban J connectivity index is 1.89. The summed E-state index contributed by atoms with van der Waals surface area (Å²) < 4.78 is 40.5. The Kier molecular flexibility index (Phi) is 12.8. The number of nitrogens with one attached hydrogen (secondary N) is 1. The largest absolute Gasteiger partial charge is 0.372 e. The van der Waals surface area contributed by atoms with Crippen molar-refractivity contribution in [2.45, 2.75) is 64.6 Å². The number of carbonyl (C=O) groups is 1. The lowest BCUT2D eigenvalue weighted by atomic mass is 10.2. The lowest BCUT2D eigenvalue weighted by molar-refractivity contribution is -0.0282. The molecule has 0 aliphatic carbocycles. The monoisotopic (exact) mass is 621 g/mol. The lowest BCUT2D eigenvalue weighted by Crippen LogP contribution is -2.40. The third kappa shape index (κ3) is 9.78. The maximum atomic E-state index is 13.2. The Hall–Kier alpha value is -2.48. The Morgan fingerprint density at radius 2 is 1.90 bits per heavy atom. The van der Waals surface area contributed by atoms with E-state index in [2.05, 4.69) is 21.0 Å². The van der Waals surface area contributed by atoms with Crippen LogP contribution in [0.4, 0.5) is 5.82 Å². The van der Waals surface area contributed by atoms with Crippen LogP contribution < -0.4 is 11.0 Å². The first-order valence-corrected chi connectivity index (χ1v) is 17.8. The fourth-order valence-electron chi connectivity index (χ4n) is 4.34. The van der Waals surface area contributed by atoms with Crippen LogP contribution in [0, 0.1) is 11.3 Å². The van der Waals surface area contributed by atoms with Crippen LogP contribution in [0.1, 0.15) is 50.7 Å². The first-order chi connectivity index (χ1) is 19.9. The first kappa shape index (κ1) is 34.0. The Bertz CT molecular complexity index is 1300. The summed E-state index contributed by atoms with van der Waals surface area (Å²) >= 11 is 0. The van der Waals surface area contributed by atoms with E-state index in [0.29, 0.717) is 11.7 Å². The van der Waals surface area contributed by atoms with E-state index in [1.807, 2.05) is 27.7 Å². The number of ether oxygens (including phenoxy) is 2. The van der Waals surface area contributed by atoms with Crippen LogP contribution in [0.5, 0.6) is 0 Å². The van der Waals surface area contributed by atoms with E-state index in [-0.39, 0.29) is 44.1 Å². The van der Waals surface area contributed by atoms with Crippen LogP contribution in [0.3, 0.4) is 0 Å². The number of amides is 1. The summed E-state index contributed by atoms with van der Waals surface area (Å²) in [5, 5.41) is 11.7. The van der Waals surface area contributed by atoms with Gasteiger partial charge in [0.05, 0.1) is 39.5 Å². The van der Waals surface area contributed by atoms with Gasteiger partial charge in [0.2, 0.25) is 0 Å². The summed E-state index contributed by atoms with van der Waals surface area (Å²) in [6.07, 6.45) is -0.205. The quantitative estimate of drug-likeness (QED) is 0.220. The number of carbonyl (C=O) groups excluding carboxylic acids is 1. The molecule has 0 saturated carbocycles. The van der Waals surface area contributed by atoms with Gasteiger partial charge in [-0.05, 0) is 59.2 Å². The summed E-state index contributed by atoms with van der Waals surface area (Å²) in [6.45, 7) is 12.0. The smallest absolute Gasteiger partial charge is 0.351 e. The predicted octanol–water partition coefficient (Wildman–Crippen LogP) is 4.69. The van der Waals surface area contributed by atoms with Crippen molar-refractivity contribution in [2.75, 3.05) is 44.6 Å². The van der Waals surface area contributed by atoms with Gasteiger partial charge in [-0.15, -0.1) is 0 Å². The molecule has 0 spiro atoms. The van der Waals surface area contributed by atoms with Crippen molar-refractivity contribution >= 4 is 27.4 Å². The third-order valence-corrected chi connectivity index (χ3v) is 9.68. The van der Waals surface area contributed by atoms with Gasteiger partial charge < -0.3 is 28.4 Å². The van der Waals surface area contributed by atoms with Crippen molar-refractivity contribution in [3.63, 3.8) is 0 Å². The van der Waals surface area contributed by atoms with Gasteiger partial charge in [-0.25, -0.2) is 9.46 Å². The maximum absolute atomic E-state index is 13.2. The number of nitrogens with zero attached hydrogens (tertiary/aromatic N) is 4. The third-order valence-electron chi connectivity index (χ3n) is 6.30. The van der Waals surface area contributed by atoms with Gasteiger partial charge in [0.15, 0.2) is 6.23 Å². The minimum atomic E-state index is -2.32. The Morgan fingerprint density at radius 3 is 2.50 bits per heavy atom. The molecule has 1 N–H and O–H groups in total. The van der Waals surface area contributed by atoms with Crippen LogP contribution in [0.15, 0.2) is 47.4 Å². The molecule has 1 fully saturated rings. The predicted molar refractivity (Wildman–Crippen MR) is 162 cm³/mol. The molecular weight excluding hydrogens is 580 g/mol. The van der Waals surface area contributed by atoms with Crippen molar-refractivity contribution in [1.82, 2.24) is 14.2 Å². The van der Waals surface area contributed by atoms with E-state index in [1.165, 1.54) is 16.8 Å². The molecule has 42 heavy (non-hydrogen) atoms. The molecule has 1 aromatic heterocycles.